The lowest BCUT2D eigenvalue weighted by atomic mass is 9.83. The molecule has 0 bridgehead atoms. The van der Waals surface area contributed by atoms with Crippen molar-refractivity contribution in [3.05, 3.63) is 0 Å². The molecular weight excluding hydrogens is 335 g/mol. The number of esters is 1. The summed E-state index contributed by atoms with van der Waals surface area (Å²) in [5, 5.41) is -1.90. The Bertz CT molecular complexity index is 444. The first-order valence-corrected chi connectivity index (χ1v) is 10.4. The van der Waals surface area contributed by atoms with Crippen molar-refractivity contribution in [2.45, 2.75) is 77.3 Å². The van der Waals surface area contributed by atoms with E-state index in [-0.39, 0.29) is 13.0 Å². The summed E-state index contributed by atoms with van der Waals surface area (Å²) in [5.41, 5.74) is 0. The van der Waals surface area contributed by atoms with Crippen LogP contribution in [0, 0.1) is 5.92 Å². The standard InChI is InChI=1S/C16H31O7P/c1-5-13(12(4)23-14-10-8-9-11-22-14)16(6-2,24(18,19)20)15(17)21-7-3/h12-14H,5-11H2,1-4H3,(H2,18,19,20). The third-order valence-electron chi connectivity index (χ3n) is 4.81. The van der Waals surface area contributed by atoms with Crippen molar-refractivity contribution >= 4 is 13.6 Å². The van der Waals surface area contributed by atoms with Gasteiger partial charge in [0.15, 0.2) is 11.4 Å². The van der Waals surface area contributed by atoms with E-state index < -0.39 is 37.0 Å². The van der Waals surface area contributed by atoms with Gasteiger partial charge in [-0.3, -0.25) is 9.36 Å². The molecular formula is C16H31O7P. The zero-order valence-electron chi connectivity index (χ0n) is 15.1. The van der Waals surface area contributed by atoms with Gasteiger partial charge in [0.1, 0.15) is 0 Å². The van der Waals surface area contributed by atoms with Gasteiger partial charge >= 0.3 is 13.6 Å². The normalized spacial score (nSPS) is 24.0. The third kappa shape index (κ3) is 4.58. The Balaban J connectivity index is 3.10. The van der Waals surface area contributed by atoms with Crippen LogP contribution in [0.4, 0.5) is 0 Å². The lowest BCUT2D eigenvalue weighted by molar-refractivity contribution is -0.199. The maximum absolute atomic E-state index is 12.5. The molecule has 0 radical (unpaired) electrons. The molecule has 2 N–H and O–H groups in total. The van der Waals surface area contributed by atoms with Crippen LogP contribution in [0.1, 0.15) is 59.8 Å². The Morgan fingerprint density at radius 3 is 2.42 bits per heavy atom. The second-order valence-electron chi connectivity index (χ2n) is 6.19. The first-order chi connectivity index (χ1) is 11.2. The number of hydrogen-bond acceptors (Lipinski definition) is 5. The highest BCUT2D eigenvalue weighted by Crippen LogP contribution is 2.59. The molecule has 4 unspecified atom stereocenters. The molecule has 0 amide bonds. The van der Waals surface area contributed by atoms with Crippen molar-refractivity contribution in [1.82, 2.24) is 0 Å². The summed E-state index contributed by atoms with van der Waals surface area (Å²) in [7, 11) is -4.77. The van der Waals surface area contributed by atoms with E-state index in [1.165, 1.54) is 0 Å². The summed E-state index contributed by atoms with van der Waals surface area (Å²) in [6.07, 6.45) is 2.14. The summed E-state index contributed by atoms with van der Waals surface area (Å²) in [6, 6.07) is 0. The molecule has 1 aliphatic rings. The zero-order chi connectivity index (χ0) is 18.4. The third-order valence-corrected chi connectivity index (χ3v) is 6.68. The summed E-state index contributed by atoms with van der Waals surface area (Å²) in [6.45, 7) is 7.44. The van der Waals surface area contributed by atoms with Gasteiger partial charge in [-0.05, 0) is 46.0 Å². The lowest BCUT2D eigenvalue weighted by Gasteiger charge is -2.41. The Labute approximate surface area is 144 Å². The molecule has 24 heavy (non-hydrogen) atoms. The molecule has 7 nitrogen and oxygen atoms in total. The van der Waals surface area contributed by atoms with Gasteiger partial charge in [-0.25, -0.2) is 0 Å². The molecule has 0 aromatic rings. The smallest absolute Gasteiger partial charge is 0.343 e. The first kappa shape index (κ1) is 21.6. The van der Waals surface area contributed by atoms with E-state index in [4.69, 9.17) is 14.2 Å². The maximum atomic E-state index is 12.5. The molecule has 0 aliphatic carbocycles. The van der Waals surface area contributed by atoms with Crippen molar-refractivity contribution in [2.75, 3.05) is 13.2 Å². The van der Waals surface area contributed by atoms with E-state index >= 15 is 0 Å². The van der Waals surface area contributed by atoms with E-state index in [0.717, 1.165) is 19.3 Å². The van der Waals surface area contributed by atoms with Crippen LogP contribution in [-0.4, -0.2) is 46.5 Å². The second-order valence-corrected chi connectivity index (χ2v) is 8.08. The fourth-order valence-corrected chi connectivity index (χ4v) is 5.10. The van der Waals surface area contributed by atoms with Gasteiger partial charge in [0.2, 0.25) is 0 Å². The highest BCUT2D eigenvalue weighted by molar-refractivity contribution is 7.54. The van der Waals surface area contributed by atoms with Crippen LogP contribution in [0.15, 0.2) is 0 Å². The van der Waals surface area contributed by atoms with E-state index in [0.29, 0.717) is 13.0 Å². The second kappa shape index (κ2) is 9.30. The van der Waals surface area contributed by atoms with Crippen molar-refractivity contribution in [3.63, 3.8) is 0 Å². The van der Waals surface area contributed by atoms with Gasteiger partial charge in [-0.2, -0.15) is 0 Å². The van der Waals surface area contributed by atoms with Crippen LogP contribution in [0.25, 0.3) is 0 Å². The van der Waals surface area contributed by atoms with Crippen LogP contribution in [0.5, 0.6) is 0 Å². The number of hydrogen-bond donors (Lipinski definition) is 2. The van der Waals surface area contributed by atoms with Gasteiger partial charge in [-0.15, -0.1) is 0 Å². The summed E-state index contributed by atoms with van der Waals surface area (Å²) < 4.78 is 28.8. The quantitative estimate of drug-likeness (QED) is 0.478. The Kier molecular flexibility index (Phi) is 8.36. The first-order valence-electron chi connectivity index (χ1n) is 8.74. The fraction of sp³-hybridized carbons (Fsp3) is 0.938. The monoisotopic (exact) mass is 366 g/mol. The molecule has 0 aromatic heterocycles. The predicted molar refractivity (Wildman–Crippen MR) is 89.6 cm³/mol. The highest BCUT2D eigenvalue weighted by atomic mass is 31.2. The summed E-state index contributed by atoms with van der Waals surface area (Å²) in [5.74, 6) is -1.53. The van der Waals surface area contributed by atoms with E-state index in [2.05, 4.69) is 0 Å². The maximum Gasteiger partial charge on any atom is 0.343 e. The van der Waals surface area contributed by atoms with Gasteiger partial charge in [0, 0.05) is 12.5 Å². The molecule has 1 aliphatic heterocycles. The van der Waals surface area contributed by atoms with Crippen molar-refractivity contribution in [3.8, 4) is 0 Å². The fourth-order valence-electron chi connectivity index (χ4n) is 3.57. The Morgan fingerprint density at radius 1 is 1.33 bits per heavy atom. The van der Waals surface area contributed by atoms with Gasteiger partial charge in [0.05, 0.1) is 12.7 Å². The van der Waals surface area contributed by atoms with Crippen LogP contribution >= 0.6 is 7.60 Å². The zero-order valence-corrected chi connectivity index (χ0v) is 16.0. The van der Waals surface area contributed by atoms with Crippen LogP contribution in [-0.2, 0) is 23.6 Å². The van der Waals surface area contributed by atoms with Crippen LogP contribution < -0.4 is 0 Å². The summed E-state index contributed by atoms with van der Waals surface area (Å²) in [4.78, 5) is 32.5. The molecule has 8 heteroatoms. The average Bonchev–Trinajstić information content (AvgIpc) is 2.52. The van der Waals surface area contributed by atoms with Gasteiger partial charge in [0.25, 0.3) is 0 Å². The van der Waals surface area contributed by atoms with E-state index in [9.17, 15) is 19.1 Å². The predicted octanol–water partition coefficient (Wildman–Crippen LogP) is 2.83. The van der Waals surface area contributed by atoms with E-state index in [1.54, 1.807) is 27.7 Å². The largest absolute Gasteiger partial charge is 0.465 e. The molecule has 1 fully saturated rings. The molecule has 4 atom stereocenters. The number of rotatable bonds is 9. The van der Waals surface area contributed by atoms with Crippen molar-refractivity contribution in [2.24, 2.45) is 5.92 Å². The molecule has 1 heterocycles. The average molecular weight is 366 g/mol. The molecule has 142 valence electrons. The number of carbonyl (C=O) groups excluding carboxylic acids is 1. The molecule has 0 saturated carbocycles. The molecule has 1 rings (SSSR count). The van der Waals surface area contributed by atoms with Crippen molar-refractivity contribution in [1.29, 1.82) is 0 Å². The number of carbonyl (C=O) groups is 1. The molecule has 0 aromatic carbocycles. The lowest BCUT2D eigenvalue weighted by Crippen LogP contribution is -2.51. The van der Waals surface area contributed by atoms with Gasteiger partial charge < -0.3 is 24.0 Å². The Morgan fingerprint density at radius 2 is 2.00 bits per heavy atom. The van der Waals surface area contributed by atoms with E-state index in [1.807, 2.05) is 0 Å². The highest BCUT2D eigenvalue weighted by Gasteiger charge is 2.59. The molecule has 0 spiro atoms. The minimum atomic E-state index is -4.77. The van der Waals surface area contributed by atoms with Crippen LogP contribution in [0.2, 0.25) is 0 Å². The number of ether oxygens (including phenoxy) is 3. The van der Waals surface area contributed by atoms with Crippen LogP contribution in [0.3, 0.4) is 0 Å². The Hall–Kier alpha value is -0.460. The SMILES string of the molecule is CCOC(=O)C(CC)(C(CC)C(C)OC1CCCCO1)P(=O)(O)O. The minimum Gasteiger partial charge on any atom is -0.465 e. The van der Waals surface area contributed by atoms with Gasteiger partial charge in [-0.1, -0.05) is 13.8 Å². The molecule has 1 saturated heterocycles. The topological polar surface area (TPSA) is 102 Å². The minimum absolute atomic E-state index is 0.0200. The summed E-state index contributed by atoms with van der Waals surface area (Å²) >= 11 is 0. The van der Waals surface area contributed by atoms with Crippen molar-refractivity contribution < 1.29 is 33.4 Å².